The first-order chi connectivity index (χ1) is 11.8. The fourth-order valence-electron chi connectivity index (χ4n) is 2.96. The average Bonchev–Trinajstić information content (AvgIpc) is 2.88. The smallest absolute Gasteiger partial charge is 0.340 e. The molecule has 1 aliphatic rings. The van der Waals surface area contributed by atoms with Crippen molar-refractivity contribution in [2.24, 2.45) is 0 Å². The Balaban J connectivity index is 2.15. The number of benzene rings is 2. The van der Waals surface area contributed by atoms with Crippen molar-refractivity contribution in [3.05, 3.63) is 59.7 Å². The number of esters is 1. The number of hydrogen-bond acceptors (Lipinski definition) is 6. The van der Waals surface area contributed by atoms with Crippen LogP contribution in [0.25, 0.3) is 0 Å². The topological polar surface area (TPSA) is 101 Å². The largest absolute Gasteiger partial charge is 0.462 e. The van der Waals surface area contributed by atoms with Crippen molar-refractivity contribution in [2.45, 2.75) is 22.0 Å². The molecule has 1 heterocycles. The van der Waals surface area contributed by atoms with E-state index in [4.69, 9.17) is 4.74 Å². The zero-order chi connectivity index (χ0) is 18.2. The first-order valence-corrected chi connectivity index (χ1v) is 10.9. The zero-order valence-corrected chi connectivity index (χ0v) is 15.1. The maximum Gasteiger partial charge on any atom is 0.340 e. The minimum absolute atomic E-state index is 0.00473. The summed E-state index contributed by atoms with van der Waals surface area (Å²) in [6.07, 6.45) is 0. The van der Waals surface area contributed by atoms with Gasteiger partial charge in [-0.05, 0) is 30.7 Å². The van der Waals surface area contributed by atoms with Gasteiger partial charge in [-0.15, -0.1) is 0 Å². The highest BCUT2D eigenvalue weighted by Crippen LogP contribution is 2.62. The van der Waals surface area contributed by atoms with Crippen LogP contribution in [0.4, 0.5) is 0 Å². The molecule has 3 rings (SSSR count). The molecule has 0 aromatic heterocycles. The predicted molar refractivity (Wildman–Crippen MR) is 94.7 cm³/mol. The summed E-state index contributed by atoms with van der Waals surface area (Å²) in [6, 6.07) is 12.3. The lowest BCUT2D eigenvalue weighted by molar-refractivity contribution is 0.0521. The van der Waals surface area contributed by atoms with Crippen molar-refractivity contribution in [3.63, 3.8) is 0 Å². The van der Waals surface area contributed by atoms with Gasteiger partial charge in [-0.25, -0.2) is 13.2 Å². The first kappa shape index (κ1) is 17.9. The summed E-state index contributed by atoms with van der Waals surface area (Å²) in [7, 11) is -7.25. The Bertz CT molecular complexity index is 906. The van der Waals surface area contributed by atoms with Crippen molar-refractivity contribution >= 4 is 26.4 Å². The summed E-state index contributed by atoms with van der Waals surface area (Å²) < 4.78 is 51.9. The van der Waals surface area contributed by atoms with Crippen molar-refractivity contribution < 1.29 is 27.1 Å². The van der Waals surface area contributed by atoms with Crippen LogP contribution >= 0.6 is 10.6 Å². The molecule has 1 aliphatic heterocycles. The Hall–Kier alpha value is -1.87. The summed E-state index contributed by atoms with van der Waals surface area (Å²) in [5.41, 5.74) is 0.250. The van der Waals surface area contributed by atoms with E-state index in [1.807, 2.05) is 0 Å². The van der Waals surface area contributed by atoms with Crippen LogP contribution < -0.4 is 0 Å². The molecule has 2 aromatic carbocycles. The maximum atomic E-state index is 13.0. The molecular weight excluding hydrogens is 364 g/mol. The van der Waals surface area contributed by atoms with Gasteiger partial charge in [-0.1, -0.05) is 30.3 Å². The van der Waals surface area contributed by atoms with Gasteiger partial charge in [0.25, 0.3) is 0 Å². The molecule has 2 aromatic rings. The fourth-order valence-corrected chi connectivity index (χ4v) is 7.57. The Labute approximate surface area is 147 Å². The van der Waals surface area contributed by atoms with Crippen LogP contribution in [0.1, 0.15) is 28.1 Å². The van der Waals surface area contributed by atoms with Gasteiger partial charge in [-0.3, -0.25) is 9.11 Å². The van der Waals surface area contributed by atoms with E-state index in [0.717, 1.165) is 0 Å². The number of ether oxygens (including phenoxy) is 1. The number of carbonyl (C=O) groups excluding carboxylic acids is 1. The molecule has 0 amide bonds. The van der Waals surface area contributed by atoms with Gasteiger partial charge in [0.05, 0.1) is 27.7 Å². The van der Waals surface area contributed by atoms with Gasteiger partial charge >= 0.3 is 5.97 Å². The van der Waals surface area contributed by atoms with E-state index in [-0.39, 0.29) is 33.3 Å². The molecular formula is C17H18O6S2. The van der Waals surface area contributed by atoms with Crippen LogP contribution in [0.5, 0.6) is 0 Å². The van der Waals surface area contributed by atoms with Crippen LogP contribution in [-0.4, -0.2) is 35.9 Å². The molecule has 8 heteroatoms. The Morgan fingerprint density at radius 1 is 1.16 bits per heavy atom. The molecule has 1 atom stereocenters. The second-order valence-electron chi connectivity index (χ2n) is 5.62. The summed E-state index contributed by atoms with van der Waals surface area (Å²) in [5, 5.41) is -1.12. The van der Waals surface area contributed by atoms with Crippen molar-refractivity contribution in [1.29, 1.82) is 0 Å². The van der Waals surface area contributed by atoms with E-state index in [1.54, 1.807) is 25.1 Å². The normalized spacial score (nSPS) is 19.9. The predicted octanol–water partition coefficient (Wildman–Crippen LogP) is 3.50. The second-order valence-corrected chi connectivity index (χ2v) is 9.83. The molecule has 134 valence electrons. The zero-order valence-electron chi connectivity index (χ0n) is 13.5. The molecule has 0 fully saturated rings. The lowest BCUT2D eigenvalue weighted by Crippen LogP contribution is -2.15. The minimum Gasteiger partial charge on any atom is -0.462 e. The van der Waals surface area contributed by atoms with Gasteiger partial charge in [-0.2, -0.15) is 10.6 Å². The number of hydrogen-bond donors (Lipinski definition) is 2. The molecule has 1 unspecified atom stereocenters. The van der Waals surface area contributed by atoms with Crippen LogP contribution in [0.15, 0.2) is 58.3 Å². The third-order valence-corrected chi connectivity index (χ3v) is 8.26. The number of rotatable bonds is 4. The van der Waals surface area contributed by atoms with E-state index >= 15 is 0 Å². The Morgan fingerprint density at radius 3 is 2.48 bits per heavy atom. The van der Waals surface area contributed by atoms with E-state index in [2.05, 4.69) is 0 Å². The van der Waals surface area contributed by atoms with Crippen molar-refractivity contribution in [1.82, 2.24) is 0 Å². The maximum absolute atomic E-state index is 13.0. The average molecular weight is 382 g/mol. The standard InChI is InChI=1S/C17H18O6S2/c1-2-23-17(18)14-10-6-9-13-15(11-24(19,20)16(13)14)25(21,22)12-7-4-3-5-8-12/h3-10,15,19-20H,2,11H2,1H3. The van der Waals surface area contributed by atoms with Gasteiger partial charge in [0, 0.05) is 0 Å². The molecule has 0 saturated carbocycles. The first-order valence-electron chi connectivity index (χ1n) is 7.64. The van der Waals surface area contributed by atoms with Crippen molar-refractivity contribution in [3.8, 4) is 0 Å². The lowest BCUT2D eigenvalue weighted by atomic mass is 10.1. The molecule has 0 saturated heterocycles. The minimum atomic E-state index is -3.83. The number of fused-ring (bicyclic) bond motifs is 1. The van der Waals surface area contributed by atoms with Gasteiger partial charge < -0.3 is 4.74 Å². The van der Waals surface area contributed by atoms with Crippen LogP contribution in [0.2, 0.25) is 0 Å². The Morgan fingerprint density at radius 2 is 1.84 bits per heavy atom. The summed E-state index contributed by atoms with van der Waals surface area (Å²) >= 11 is 0. The summed E-state index contributed by atoms with van der Waals surface area (Å²) in [6.45, 7) is 1.77. The monoisotopic (exact) mass is 382 g/mol. The second kappa shape index (κ2) is 6.45. The Kier molecular flexibility index (Phi) is 4.63. The SMILES string of the molecule is CCOC(=O)c1cccc2c1S(O)(O)CC2S(=O)(=O)c1ccccc1. The molecule has 0 radical (unpaired) electrons. The molecule has 25 heavy (non-hydrogen) atoms. The van der Waals surface area contributed by atoms with E-state index in [9.17, 15) is 22.3 Å². The van der Waals surface area contributed by atoms with Crippen LogP contribution in [-0.2, 0) is 14.6 Å². The van der Waals surface area contributed by atoms with Crippen molar-refractivity contribution in [2.75, 3.05) is 12.4 Å². The highest BCUT2D eigenvalue weighted by molar-refractivity contribution is 8.25. The van der Waals surface area contributed by atoms with Gasteiger partial charge in [0.15, 0.2) is 9.84 Å². The fraction of sp³-hybridized carbons (Fsp3) is 0.235. The molecule has 6 nitrogen and oxygen atoms in total. The molecule has 2 N–H and O–H groups in total. The number of sulfone groups is 1. The summed E-state index contributed by atoms with van der Waals surface area (Å²) in [4.78, 5) is 12.2. The number of carbonyl (C=O) groups is 1. The lowest BCUT2D eigenvalue weighted by Gasteiger charge is -2.29. The highest BCUT2D eigenvalue weighted by atomic mass is 32.3. The summed E-state index contributed by atoms with van der Waals surface area (Å²) in [5.74, 6) is -1.06. The molecule has 0 bridgehead atoms. The molecule has 0 spiro atoms. The van der Waals surface area contributed by atoms with E-state index < -0.39 is 31.6 Å². The van der Waals surface area contributed by atoms with Crippen LogP contribution in [0, 0.1) is 0 Å². The van der Waals surface area contributed by atoms with Crippen LogP contribution in [0.3, 0.4) is 0 Å². The third-order valence-electron chi connectivity index (χ3n) is 4.04. The van der Waals surface area contributed by atoms with E-state index in [0.29, 0.717) is 0 Å². The highest BCUT2D eigenvalue weighted by Gasteiger charge is 2.45. The molecule has 0 aliphatic carbocycles. The van der Waals surface area contributed by atoms with Gasteiger partial charge in [0.2, 0.25) is 0 Å². The van der Waals surface area contributed by atoms with Gasteiger partial charge in [0.1, 0.15) is 5.25 Å². The third kappa shape index (κ3) is 3.06. The van der Waals surface area contributed by atoms with E-state index in [1.165, 1.54) is 30.3 Å². The quantitative estimate of drug-likeness (QED) is 0.785.